The van der Waals surface area contributed by atoms with Crippen LogP contribution in [0.4, 0.5) is 0 Å². The molecule has 0 unspecified atom stereocenters. The van der Waals surface area contributed by atoms with Crippen LogP contribution in [0.2, 0.25) is 0 Å². The summed E-state index contributed by atoms with van der Waals surface area (Å²) >= 11 is 0. The highest BCUT2D eigenvalue weighted by molar-refractivity contribution is 5.82. The van der Waals surface area contributed by atoms with Gasteiger partial charge >= 0.3 is 0 Å². The number of amides is 1. The molecule has 1 atom stereocenters. The minimum Gasteiger partial charge on any atom is -0.388 e. The molecular weight excluding hydrogens is 240 g/mol. The summed E-state index contributed by atoms with van der Waals surface area (Å²) in [6.45, 7) is 8.35. The van der Waals surface area contributed by atoms with Gasteiger partial charge in [-0.15, -0.1) is 0 Å². The van der Waals surface area contributed by atoms with Crippen LogP contribution >= 0.6 is 0 Å². The minimum absolute atomic E-state index is 0.168. The van der Waals surface area contributed by atoms with Gasteiger partial charge in [0, 0.05) is 6.54 Å². The smallest absolute Gasteiger partial charge is 0.237 e. The molecule has 1 aliphatic rings. The fraction of sp³-hybridized carbons (Fsp3) is 0.933. The topological polar surface area (TPSA) is 75.3 Å². The van der Waals surface area contributed by atoms with Crippen LogP contribution in [0.15, 0.2) is 0 Å². The van der Waals surface area contributed by atoms with Crippen molar-refractivity contribution in [2.75, 3.05) is 6.54 Å². The van der Waals surface area contributed by atoms with Gasteiger partial charge in [-0.05, 0) is 37.0 Å². The summed E-state index contributed by atoms with van der Waals surface area (Å²) in [6.07, 6.45) is 4.83. The minimum atomic E-state index is -0.737. The second-order valence-corrected chi connectivity index (χ2v) is 7.14. The molecule has 0 heterocycles. The van der Waals surface area contributed by atoms with Crippen molar-refractivity contribution in [1.82, 2.24) is 5.32 Å². The van der Waals surface area contributed by atoms with Gasteiger partial charge in [-0.2, -0.15) is 0 Å². The van der Waals surface area contributed by atoms with Crippen molar-refractivity contribution in [2.24, 2.45) is 17.1 Å². The molecule has 0 bridgehead atoms. The highest BCUT2D eigenvalue weighted by Crippen LogP contribution is 2.33. The van der Waals surface area contributed by atoms with Gasteiger partial charge in [0.15, 0.2) is 0 Å². The summed E-state index contributed by atoms with van der Waals surface area (Å²) in [7, 11) is 0. The summed E-state index contributed by atoms with van der Waals surface area (Å²) in [5.74, 6) is 0.561. The van der Waals surface area contributed by atoms with Gasteiger partial charge < -0.3 is 16.2 Å². The van der Waals surface area contributed by atoms with Gasteiger partial charge in [-0.25, -0.2) is 0 Å². The van der Waals surface area contributed by atoms with E-state index in [4.69, 9.17) is 5.73 Å². The first-order valence-corrected chi connectivity index (χ1v) is 7.43. The van der Waals surface area contributed by atoms with Crippen molar-refractivity contribution in [2.45, 2.75) is 71.4 Å². The molecule has 0 saturated heterocycles. The maximum atomic E-state index is 11.9. The molecule has 1 saturated carbocycles. The summed E-state index contributed by atoms with van der Waals surface area (Å²) < 4.78 is 0. The van der Waals surface area contributed by atoms with Crippen molar-refractivity contribution in [1.29, 1.82) is 0 Å². The Morgan fingerprint density at radius 1 is 1.42 bits per heavy atom. The number of nitrogens with one attached hydrogen (secondary N) is 1. The van der Waals surface area contributed by atoms with Gasteiger partial charge in [0.2, 0.25) is 5.91 Å². The Morgan fingerprint density at radius 3 is 2.37 bits per heavy atom. The second kappa shape index (κ2) is 6.23. The Morgan fingerprint density at radius 2 is 1.95 bits per heavy atom. The maximum Gasteiger partial charge on any atom is 0.237 e. The molecular formula is C15H30N2O2. The third-order valence-electron chi connectivity index (χ3n) is 4.42. The van der Waals surface area contributed by atoms with E-state index in [0.717, 1.165) is 31.6 Å². The number of hydrogen-bond donors (Lipinski definition) is 3. The lowest BCUT2D eigenvalue weighted by atomic mass is 9.77. The third kappa shape index (κ3) is 4.77. The van der Waals surface area contributed by atoms with E-state index in [9.17, 15) is 9.90 Å². The molecule has 1 rings (SSSR count). The number of carbonyl (C=O) groups excluding carboxylic acids is 1. The monoisotopic (exact) mass is 270 g/mol. The lowest BCUT2D eigenvalue weighted by Crippen LogP contribution is -2.53. The molecule has 112 valence electrons. The van der Waals surface area contributed by atoms with Crippen LogP contribution in [-0.2, 0) is 4.79 Å². The van der Waals surface area contributed by atoms with Crippen LogP contribution in [0.1, 0.15) is 59.8 Å². The van der Waals surface area contributed by atoms with Crippen molar-refractivity contribution >= 4 is 5.91 Å². The molecule has 0 aromatic rings. The normalized spacial score (nSPS) is 29.9. The largest absolute Gasteiger partial charge is 0.388 e. The number of carbonyl (C=O) groups is 1. The first-order valence-electron chi connectivity index (χ1n) is 7.43. The molecule has 19 heavy (non-hydrogen) atoms. The van der Waals surface area contributed by atoms with Gasteiger partial charge in [0.05, 0.1) is 11.6 Å². The summed E-state index contributed by atoms with van der Waals surface area (Å²) in [6, 6.07) is -0.539. The molecule has 4 N–H and O–H groups in total. The quantitative estimate of drug-likeness (QED) is 0.729. The van der Waals surface area contributed by atoms with E-state index < -0.39 is 11.6 Å². The third-order valence-corrected chi connectivity index (χ3v) is 4.42. The van der Waals surface area contributed by atoms with Crippen LogP contribution in [0.25, 0.3) is 0 Å². The van der Waals surface area contributed by atoms with Gasteiger partial charge in [0.1, 0.15) is 0 Å². The number of hydrogen-bond acceptors (Lipinski definition) is 3. The van der Waals surface area contributed by atoms with Crippen molar-refractivity contribution in [3.63, 3.8) is 0 Å². The summed E-state index contributed by atoms with van der Waals surface area (Å²) in [5, 5.41) is 13.3. The van der Waals surface area contributed by atoms with Crippen LogP contribution < -0.4 is 11.1 Å². The van der Waals surface area contributed by atoms with Gasteiger partial charge in [-0.3, -0.25) is 4.79 Å². The highest BCUT2D eigenvalue weighted by atomic mass is 16.3. The number of aliphatic hydroxyl groups is 1. The second-order valence-electron chi connectivity index (χ2n) is 7.14. The Balaban J connectivity index is 2.42. The molecule has 0 aromatic heterocycles. The molecule has 0 radical (unpaired) electrons. The lowest BCUT2D eigenvalue weighted by molar-refractivity contribution is -0.126. The van der Waals surface area contributed by atoms with Crippen molar-refractivity contribution in [3.05, 3.63) is 0 Å². The van der Waals surface area contributed by atoms with E-state index >= 15 is 0 Å². The number of rotatable bonds is 4. The molecule has 4 nitrogen and oxygen atoms in total. The first kappa shape index (κ1) is 16.4. The summed E-state index contributed by atoms with van der Waals surface area (Å²) in [4.78, 5) is 11.9. The average molecular weight is 270 g/mol. The fourth-order valence-electron chi connectivity index (χ4n) is 2.55. The molecule has 4 heteroatoms. The first-order chi connectivity index (χ1) is 8.68. The predicted octanol–water partition coefficient (Wildman–Crippen LogP) is 1.81. The summed E-state index contributed by atoms with van der Waals surface area (Å²) in [5.41, 5.74) is 4.91. The zero-order chi connectivity index (χ0) is 14.7. The Hall–Kier alpha value is -0.610. The van der Waals surface area contributed by atoms with E-state index in [1.165, 1.54) is 6.42 Å². The zero-order valence-electron chi connectivity index (χ0n) is 12.8. The molecule has 0 aromatic carbocycles. The lowest BCUT2D eigenvalue weighted by Gasteiger charge is -2.36. The SMILES string of the molecule is CCC1CCC(O)(CNC(=O)[C@H](N)C(C)(C)C)CC1. The van der Waals surface area contributed by atoms with E-state index in [0.29, 0.717) is 6.54 Å². The Labute approximate surface area is 117 Å². The maximum absolute atomic E-state index is 11.9. The molecule has 1 amide bonds. The highest BCUT2D eigenvalue weighted by Gasteiger charge is 2.34. The van der Waals surface area contributed by atoms with Gasteiger partial charge in [0.25, 0.3) is 0 Å². The van der Waals surface area contributed by atoms with Crippen molar-refractivity contribution in [3.8, 4) is 0 Å². The molecule has 1 aliphatic carbocycles. The predicted molar refractivity (Wildman–Crippen MR) is 77.6 cm³/mol. The van der Waals surface area contributed by atoms with E-state index in [-0.39, 0.29) is 11.3 Å². The van der Waals surface area contributed by atoms with Crippen LogP contribution in [-0.4, -0.2) is 29.2 Å². The van der Waals surface area contributed by atoms with Crippen LogP contribution in [0.5, 0.6) is 0 Å². The molecule has 0 aliphatic heterocycles. The van der Waals surface area contributed by atoms with E-state index in [1.54, 1.807) is 0 Å². The molecule has 0 spiro atoms. The standard InChI is InChI=1S/C15H30N2O2/c1-5-11-6-8-15(19,9-7-11)10-17-13(18)12(16)14(2,3)4/h11-12,19H,5-10,16H2,1-4H3,(H,17,18)/t11?,12-,15?/m0/s1. The van der Waals surface area contributed by atoms with Crippen LogP contribution in [0.3, 0.4) is 0 Å². The zero-order valence-corrected chi connectivity index (χ0v) is 12.8. The number of nitrogens with two attached hydrogens (primary N) is 1. The van der Waals surface area contributed by atoms with E-state index in [1.807, 2.05) is 20.8 Å². The fourth-order valence-corrected chi connectivity index (χ4v) is 2.55. The Bertz CT molecular complexity index is 302. The van der Waals surface area contributed by atoms with Gasteiger partial charge in [-0.1, -0.05) is 34.1 Å². The Kier molecular flexibility index (Phi) is 5.39. The van der Waals surface area contributed by atoms with Crippen molar-refractivity contribution < 1.29 is 9.90 Å². The molecule has 1 fully saturated rings. The average Bonchev–Trinajstić information content (AvgIpc) is 2.35. The van der Waals surface area contributed by atoms with Crippen LogP contribution in [0, 0.1) is 11.3 Å². The van der Waals surface area contributed by atoms with E-state index in [2.05, 4.69) is 12.2 Å².